The number of rotatable bonds is 2. The second-order valence-electron chi connectivity index (χ2n) is 8.44. The van der Waals surface area contributed by atoms with Crippen LogP contribution in [0.3, 0.4) is 0 Å². The van der Waals surface area contributed by atoms with Crippen molar-refractivity contribution in [1.82, 2.24) is 4.90 Å². The lowest BCUT2D eigenvalue weighted by molar-refractivity contribution is 0.290. The summed E-state index contributed by atoms with van der Waals surface area (Å²) < 4.78 is 0. The molecule has 2 aromatic carbocycles. The van der Waals surface area contributed by atoms with Crippen molar-refractivity contribution in [3.63, 3.8) is 0 Å². The molecule has 1 fully saturated rings. The van der Waals surface area contributed by atoms with Gasteiger partial charge in [0.25, 0.3) is 0 Å². The van der Waals surface area contributed by atoms with Gasteiger partial charge < -0.3 is 4.90 Å². The highest BCUT2D eigenvalue weighted by Crippen LogP contribution is 2.45. The Morgan fingerprint density at radius 1 is 1.00 bits per heavy atom. The van der Waals surface area contributed by atoms with Crippen molar-refractivity contribution in [1.29, 1.82) is 0 Å². The van der Waals surface area contributed by atoms with Gasteiger partial charge in [-0.15, -0.1) is 0 Å². The van der Waals surface area contributed by atoms with E-state index in [2.05, 4.69) is 70.0 Å². The minimum absolute atomic E-state index is 0.188. The average Bonchev–Trinajstić information content (AvgIpc) is 3.15. The van der Waals surface area contributed by atoms with E-state index in [4.69, 9.17) is 4.99 Å². The molecule has 4 rings (SSSR count). The molecule has 2 aliphatic rings. The van der Waals surface area contributed by atoms with E-state index in [0.29, 0.717) is 0 Å². The molecule has 0 saturated heterocycles. The Bertz CT molecular complexity index is 874. The number of fused-ring (bicyclic) bond motifs is 1. The van der Waals surface area contributed by atoms with Crippen molar-refractivity contribution in [3.8, 4) is 0 Å². The zero-order valence-electron chi connectivity index (χ0n) is 16.8. The zero-order valence-corrected chi connectivity index (χ0v) is 16.8. The van der Waals surface area contributed by atoms with Crippen LogP contribution in [0, 0.1) is 20.8 Å². The molecule has 0 bridgehead atoms. The fraction of sp³-hybridized carbons (Fsp3) is 0.458. The summed E-state index contributed by atoms with van der Waals surface area (Å²) in [7, 11) is 2.15. The van der Waals surface area contributed by atoms with Gasteiger partial charge in [-0.05, 0) is 74.8 Å². The monoisotopic (exact) mass is 346 g/mol. The van der Waals surface area contributed by atoms with E-state index < -0.39 is 0 Å². The molecule has 0 aromatic heterocycles. The van der Waals surface area contributed by atoms with Crippen LogP contribution in [-0.2, 0) is 5.54 Å². The van der Waals surface area contributed by atoms with Gasteiger partial charge in [0.1, 0.15) is 0 Å². The minimum atomic E-state index is -0.188. The highest BCUT2D eigenvalue weighted by Gasteiger charge is 2.38. The first-order chi connectivity index (χ1) is 12.4. The quantitative estimate of drug-likeness (QED) is 0.638. The van der Waals surface area contributed by atoms with Crippen molar-refractivity contribution < 1.29 is 0 Å². The summed E-state index contributed by atoms with van der Waals surface area (Å²) in [5, 5.41) is 0. The molecule has 1 aliphatic heterocycles. The highest BCUT2D eigenvalue weighted by atomic mass is 15.2. The molecule has 26 heavy (non-hydrogen) atoms. The van der Waals surface area contributed by atoms with Crippen molar-refractivity contribution in [2.45, 2.75) is 64.8 Å². The molecule has 1 heterocycles. The fourth-order valence-corrected chi connectivity index (χ4v) is 4.91. The maximum Gasteiger partial charge on any atom is 0.0919 e. The molecule has 2 heteroatoms. The first kappa shape index (κ1) is 17.3. The Hall–Kier alpha value is -2.09. The summed E-state index contributed by atoms with van der Waals surface area (Å²) in [4.78, 5) is 7.07. The molecule has 0 amide bonds. The SMILES string of the molecule is Cc1cc(C)c(C)c(C2(C)c3ccc(C4CCCC4)cc3N=CN2C)c1. The number of hydrogen-bond donors (Lipinski definition) is 0. The molecule has 2 aromatic rings. The molecule has 1 unspecified atom stereocenters. The van der Waals surface area contributed by atoms with Gasteiger partial charge in [-0.3, -0.25) is 0 Å². The molecule has 1 saturated carbocycles. The molecule has 1 atom stereocenters. The third-order valence-corrected chi connectivity index (χ3v) is 6.78. The topological polar surface area (TPSA) is 15.6 Å². The van der Waals surface area contributed by atoms with E-state index in [1.807, 2.05) is 6.34 Å². The van der Waals surface area contributed by atoms with Crippen LogP contribution in [-0.4, -0.2) is 18.3 Å². The van der Waals surface area contributed by atoms with Crippen LogP contribution in [0.5, 0.6) is 0 Å². The van der Waals surface area contributed by atoms with Gasteiger partial charge in [-0.1, -0.05) is 42.7 Å². The molecule has 2 nitrogen and oxygen atoms in total. The lowest BCUT2D eigenvalue weighted by Crippen LogP contribution is -2.44. The Balaban J connectivity index is 1.87. The van der Waals surface area contributed by atoms with Crippen molar-refractivity contribution >= 4 is 12.0 Å². The van der Waals surface area contributed by atoms with E-state index in [9.17, 15) is 0 Å². The van der Waals surface area contributed by atoms with Crippen LogP contribution in [0.2, 0.25) is 0 Å². The van der Waals surface area contributed by atoms with E-state index in [1.165, 1.54) is 59.1 Å². The molecule has 0 spiro atoms. The third-order valence-electron chi connectivity index (χ3n) is 6.78. The van der Waals surface area contributed by atoms with Crippen LogP contribution < -0.4 is 0 Å². The van der Waals surface area contributed by atoms with E-state index in [0.717, 1.165) is 11.6 Å². The predicted octanol–water partition coefficient (Wildman–Crippen LogP) is 6.14. The van der Waals surface area contributed by atoms with Crippen LogP contribution in [0.1, 0.15) is 71.9 Å². The Morgan fingerprint density at radius 2 is 1.73 bits per heavy atom. The fourth-order valence-electron chi connectivity index (χ4n) is 4.91. The minimum Gasteiger partial charge on any atom is -0.352 e. The summed E-state index contributed by atoms with van der Waals surface area (Å²) in [6.45, 7) is 9.01. The summed E-state index contributed by atoms with van der Waals surface area (Å²) in [5.74, 6) is 0.726. The van der Waals surface area contributed by atoms with Gasteiger partial charge in [-0.25, -0.2) is 4.99 Å². The first-order valence-corrected chi connectivity index (χ1v) is 9.91. The lowest BCUT2D eigenvalue weighted by atomic mass is 9.77. The number of benzene rings is 2. The number of nitrogens with zero attached hydrogens (tertiary/aromatic N) is 2. The third kappa shape index (κ3) is 2.58. The number of aliphatic imine (C=N–C) groups is 1. The van der Waals surface area contributed by atoms with Gasteiger partial charge in [-0.2, -0.15) is 0 Å². The largest absolute Gasteiger partial charge is 0.352 e. The van der Waals surface area contributed by atoms with Crippen LogP contribution in [0.25, 0.3) is 0 Å². The second kappa shape index (κ2) is 6.26. The van der Waals surface area contributed by atoms with Gasteiger partial charge in [0.2, 0.25) is 0 Å². The van der Waals surface area contributed by atoms with Crippen LogP contribution in [0.4, 0.5) is 5.69 Å². The van der Waals surface area contributed by atoms with Crippen molar-refractivity contribution in [2.24, 2.45) is 4.99 Å². The number of hydrogen-bond acceptors (Lipinski definition) is 2. The smallest absolute Gasteiger partial charge is 0.0919 e. The van der Waals surface area contributed by atoms with E-state index >= 15 is 0 Å². The maximum absolute atomic E-state index is 4.80. The van der Waals surface area contributed by atoms with E-state index in [-0.39, 0.29) is 5.54 Å². The Morgan fingerprint density at radius 3 is 2.46 bits per heavy atom. The van der Waals surface area contributed by atoms with Crippen LogP contribution in [0.15, 0.2) is 35.3 Å². The Labute approximate surface area is 158 Å². The molecule has 0 N–H and O–H groups in total. The summed E-state index contributed by atoms with van der Waals surface area (Å²) in [5.41, 5.74) is 9.20. The van der Waals surface area contributed by atoms with Gasteiger partial charge in [0.05, 0.1) is 17.6 Å². The highest BCUT2D eigenvalue weighted by molar-refractivity contribution is 5.73. The van der Waals surface area contributed by atoms with Crippen molar-refractivity contribution in [3.05, 3.63) is 63.7 Å². The average molecular weight is 347 g/mol. The summed E-state index contributed by atoms with van der Waals surface area (Å²) >= 11 is 0. The molecule has 1 aliphatic carbocycles. The van der Waals surface area contributed by atoms with Crippen LogP contribution >= 0.6 is 0 Å². The second-order valence-corrected chi connectivity index (χ2v) is 8.44. The number of aryl methyl sites for hydroxylation is 2. The van der Waals surface area contributed by atoms with Gasteiger partial charge in [0.15, 0.2) is 0 Å². The Kier molecular flexibility index (Phi) is 4.17. The lowest BCUT2D eigenvalue weighted by Gasteiger charge is -2.43. The van der Waals surface area contributed by atoms with E-state index in [1.54, 1.807) is 0 Å². The predicted molar refractivity (Wildman–Crippen MR) is 111 cm³/mol. The zero-order chi connectivity index (χ0) is 18.5. The molecule has 136 valence electrons. The van der Waals surface area contributed by atoms with Gasteiger partial charge in [0, 0.05) is 12.6 Å². The van der Waals surface area contributed by atoms with Crippen molar-refractivity contribution in [2.75, 3.05) is 7.05 Å². The van der Waals surface area contributed by atoms with Gasteiger partial charge >= 0.3 is 0 Å². The molecule has 0 radical (unpaired) electrons. The summed E-state index contributed by atoms with van der Waals surface area (Å²) in [6, 6.07) is 11.7. The molecular weight excluding hydrogens is 316 g/mol. The summed E-state index contributed by atoms with van der Waals surface area (Å²) in [6.07, 6.45) is 7.41. The molecular formula is C24H30N2. The maximum atomic E-state index is 4.80. The first-order valence-electron chi connectivity index (χ1n) is 9.91. The normalized spacial score (nSPS) is 22.7. The standard InChI is InChI=1S/C24H30N2/c1-16-12-17(2)18(3)22(13-16)24(4)21-11-10-20(19-8-6-7-9-19)14-23(21)25-15-26(24)5/h10-15,19H,6-9H2,1-5H3.